The Bertz CT molecular complexity index is 966. The van der Waals surface area contributed by atoms with Crippen molar-refractivity contribution >= 4 is 28.3 Å². The standard InChI is InChI=1S/C20H24ClF2N5O2/c21-17-15(23)16-14(8-24-17)18(27-5-1-3-13(29)10-27)26-19(25-16)30-11-20-4-2-6-28(20)9-12(22)7-20/h8,12-13,29H,1-7,9-11H2/t12-,13-,20+/m1/s1. The number of nitrogens with zero attached hydrogens (tertiary/aromatic N) is 5. The van der Waals surface area contributed by atoms with E-state index in [4.69, 9.17) is 16.3 Å². The fraction of sp³-hybridized carbons (Fsp3) is 0.650. The van der Waals surface area contributed by atoms with E-state index < -0.39 is 18.1 Å². The van der Waals surface area contributed by atoms with Crippen LogP contribution in [0.4, 0.5) is 14.6 Å². The van der Waals surface area contributed by atoms with E-state index in [0.717, 1.165) is 25.8 Å². The second-order valence-electron chi connectivity index (χ2n) is 8.56. The number of piperidine rings is 1. The van der Waals surface area contributed by atoms with Crippen molar-refractivity contribution in [2.24, 2.45) is 0 Å². The summed E-state index contributed by atoms with van der Waals surface area (Å²) in [7, 11) is 0. The highest BCUT2D eigenvalue weighted by atomic mass is 35.5. The van der Waals surface area contributed by atoms with E-state index in [1.165, 1.54) is 6.20 Å². The second-order valence-corrected chi connectivity index (χ2v) is 8.92. The maximum absolute atomic E-state index is 14.7. The zero-order chi connectivity index (χ0) is 20.9. The summed E-state index contributed by atoms with van der Waals surface area (Å²) in [5, 5.41) is 10.2. The molecule has 3 fully saturated rings. The van der Waals surface area contributed by atoms with Gasteiger partial charge in [0, 0.05) is 32.3 Å². The van der Waals surface area contributed by atoms with E-state index >= 15 is 0 Å². The van der Waals surface area contributed by atoms with E-state index in [1.807, 2.05) is 4.90 Å². The molecule has 3 aliphatic rings. The molecule has 5 rings (SSSR count). The second kappa shape index (κ2) is 7.69. The molecule has 3 aliphatic heterocycles. The Kier molecular flexibility index (Phi) is 5.15. The van der Waals surface area contributed by atoms with Crippen LogP contribution in [0.3, 0.4) is 0 Å². The number of aromatic nitrogens is 3. The highest BCUT2D eigenvalue weighted by molar-refractivity contribution is 6.30. The molecule has 0 spiro atoms. The molecule has 2 aromatic heterocycles. The fourth-order valence-corrected chi connectivity index (χ4v) is 5.24. The molecule has 0 radical (unpaired) electrons. The smallest absolute Gasteiger partial charge is 0.319 e. The summed E-state index contributed by atoms with van der Waals surface area (Å²) >= 11 is 5.88. The molecule has 0 aliphatic carbocycles. The number of hydrogen-bond donors (Lipinski definition) is 1. The number of fused-ring (bicyclic) bond motifs is 2. The van der Waals surface area contributed by atoms with Gasteiger partial charge in [-0.2, -0.15) is 9.97 Å². The summed E-state index contributed by atoms with van der Waals surface area (Å²) in [6, 6.07) is 0.0299. The van der Waals surface area contributed by atoms with E-state index in [9.17, 15) is 13.9 Å². The number of pyridine rings is 1. The van der Waals surface area contributed by atoms with Crippen molar-refractivity contribution in [2.45, 2.75) is 49.9 Å². The van der Waals surface area contributed by atoms with Gasteiger partial charge in [0.05, 0.1) is 17.0 Å². The maximum atomic E-state index is 14.7. The van der Waals surface area contributed by atoms with Crippen LogP contribution in [-0.4, -0.2) is 75.6 Å². The SMILES string of the molecule is O[C@@H]1CCCN(c2nc(OC[C@@]34CCCN3C[C@H](F)C4)nc3c(F)c(Cl)ncc23)C1. The van der Waals surface area contributed by atoms with Gasteiger partial charge in [-0.05, 0) is 32.2 Å². The van der Waals surface area contributed by atoms with E-state index in [0.29, 0.717) is 43.7 Å². The van der Waals surface area contributed by atoms with Crippen LogP contribution in [0.15, 0.2) is 6.20 Å². The Morgan fingerprint density at radius 2 is 2.13 bits per heavy atom. The van der Waals surface area contributed by atoms with Crippen molar-refractivity contribution in [1.29, 1.82) is 0 Å². The highest BCUT2D eigenvalue weighted by Gasteiger charge is 2.49. The molecule has 0 amide bonds. The predicted molar refractivity (Wildman–Crippen MR) is 108 cm³/mol. The lowest BCUT2D eigenvalue weighted by molar-refractivity contribution is 0.107. The molecule has 2 aromatic rings. The average molecular weight is 440 g/mol. The molecular weight excluding hydrogens is 416 g/mol. The number of anilines is 1. The largest absolute Gasteiger partial charge is 0.461 e. The predicted octanol–water partition coefficient (Wildman–Crippen LogP) is 2.73. The first-order valence-corrected chi connectivity index (χ1v) is 10.8. The number of ether oxygens (including phenoxy) is 1. The minimum atomic E-state index is -0.862. The minimum absolute atomic E-state index is 0.0299. The van der Waals surface area contributed by atoms with Crippen molar-refractivity contribution in [3.05, 3.63) is 17.2 Å². The molecule has 1 N–H and O–H groups in total. The number of alkyl halides is 1. The summed E-state index contributed by atoms with van der Waals surface area (Å²) in [5.74, 6) is -0.266. The lowest BCUT2D eigenvalue weighted by Gasteiger charge is -2.32. The third kappa shape index (κ3) is 3.46. The number of halogens is 3. The summed E-state index contributed by atoms with van der Waals surface area (Å²) in [5.41, 5.74) is -0.321. The first-order valence-electron chi connectivity index (χ1n) is 10.4. The van der Waals surface area contributed by atoms with Crippen molar-refractivity contribution in [3.8, 4) is 6.01 Å². The molecule has 0 saturated carbocycles. The number of aliphatic hydroxyl groups excluding tert-OH is 1. The molecule has 3 atom stereocenters. The first-order chi connectivity index (χ1) is 14.4. The number of aliphatic hydroxyl groups is 1. The summed E-state index contributed by atoms with van der Waals surface area (Å²) in [4.78, 5) is 16.7. The molecule has 3 saturated heterocycles. The van der Waals surface area contributed by atoms with Gasteiger partial charge >= 0.3 is 6.01 Å². The Hall–Kier alpha value is -1.84. The lowest BCUT2D eigenvalue weighted by Crippen LogP contribution is -2.43. The van der Waals surface area contributed by atoms with Crippen LogP contribution in [0.25, 0.3) is 10.9 Å². The third-order valence-electron chi connectivity index (χ3n) is 6.53. The fourth-order valence-electron chi connectivity index (χ4n) is 5.10. The van der Waals surface area contributed by atoms with Crippen LogP contribution in [0, 0.1) is 5.82 Å². The summed E-state index contributed by atoms with van der Waals surface area (Å²) in [6.45, 7) is 2.59. The van der Waals surface area contributed by atoms with Crippen molar-refractivity contribution in [3.63, 3.8) is 0 Å². The van der Waals surface area contributed by atoms with Crippen LogP contribution in [0.2, 0.25) is 5.15 Å². The molecular formula is C20H24ClF2N5O2. The molecule has 0 bridgehead atoms. The van der Waals surface area contributed by atoms with Gasteiger partial charge in [-0.25, -0.2) is 13.8 Å². The maximum Gasteiger partial charge on any atom is 0.319 e. The van der Waals surface area contributed by atoms with E-state index in [2.05, 4.69) is 19.9 Å². The Labute approximate surface area is 178 Å². The van der Waals surface area contributed by atoms with Gasteiger partial charge in [0.2, 0.25) is 0 Å². The van der Waals surface area contributed by atoms with Gasteiger partial charge in [-0.1, -0.05) is 11.6 Å². The molecule has 10 heteroatoms. The van der Waals surface area contributed by atoms with E-state index in [1.54, 1.807) is 0 Å². The Morgan fingerprint density at radius 3 is 2.97 bits per heavy atom. The van der Waals surface area contributed by atoms with E-state index in [-0.39, 0.29) is 28.8 Å². The lowest BCUT2D eigenvalue weighted by atomic mass is 9.95. The van der Waals surface area contributed by atoms with Gasteiger partial charge in [-0.15, -0.1) is 0 Å². The van der Waals surface area contributed by atoms with Crippen molar-refractivity contribution in [1.82, 2.24) is 19.9 Å². The highest BCUT2D eigenvalue weighted by Crippen LogP contribution is 2.40. The van der Waals surface area contributed by atoms with Crippen LogP contribution >= 0.6 is 11.6 Å². The molecule has 162 valence electrons. The van der Waals surface area contributed by atoms with Gasteiger partial charge in [0.25, 0.3) is 0 Å². The van der Waals surface area contributed by atoms with Gasteiger partial charge in [0.1, 0.15) is 24.1 Å². The first kappa shape index (κ1) is 20.1. The topological polar surface area (TPSA) is 74.6 Å². The van der Waals surface area contributed by atoms with Crippen molar-refractivity contribution in [2.75, 3.05) is 37.7 Å². The molecule has 5 heterocycles. The van der Waals surface area contributed by atoms with Crippen LogP contribution in [0.1, 0.15) is 32.1 Å². The molecule has 7 nitrogen and oxygen atoms in total. The molecule has 30 heavy (non-hydrogen) atoms. The Balaban J connectivity index is 1.50. The van der Waals surface area contributed by atoms with Crippen LogP contribution < -0.4 is 9.64 Å². The zero-order valence-corrected chi connectivity index (χ0v) is 17.3. The molecule has 0 aromatic carbocycles. The quantitative estimate of drug-likeness (QED) is 0.734. The van der Waals surface area contributed by atoms with Gasteiger partial charge < -0.3 is 14.7 Å². The average Bonchev–Trinajstić information content (AvgIpc) is 3.24. The number of β-amino-alcohol motifs (C(OH)–C–C–N with tert-alkyl or cyclic N) is 1. The zero-order valence-electron chi connectivity index (χ0n) is 16.5. The van der Waals surface area contributed by atoms with Crippen molar-refractivity contribution < 1.29 is 18.6 Å². The summed E-state index contributed by atoms with van der Waals surface area (Å²) in [6.07, 6.45) is 3.89. The van der Waals surface area contributed by atoms with Gasteiger partial charge in [0.15, 0.2) is 11.0 Å². The normalized spacial score (nSPS) is 29.5. The molecule has 0 unspecified atom stereocenters. The van der Waals surface area contributed by atoms with Crippen LogP contribution in [-0.2, 0) is 0 Å². The van der Waals surface area contributed by atoms with Gasteiger partial charge in [-0.3, -0.25) is 4.90 Å². The third-order valence-corrected chi connectivity index (χ3v) is 6.79. The number of hydrogen-bond acceptors (Lipinski definition) is 7. The van der Waals surface area contributed by atoms with Crippen LogP contribution in [0.5, 0.6) is 6.01 Å². The number of rotatable bonds is 4. The minimum Gasteiger partial charge on any atom is -0.461 e. The monoisotopic (exact) mass is 439 g/mol. The summed E-state index contributed by atoms with van der Waals surface area (Å²) < 4.78 is 34.7. The Morgan fingerprint density at radius 1 is 1.27 bits per heavy atom.